The van der Waals surface area contributed by atoms with Crippen LogP contribution >= 0.6 is 11.6 Å². The van der Waals surface area contributed by atoms with E-state index in [1.165, 1.54) is 23.1 Å². The molecule has 8 heteroatoms. The van der Waals surface area contributed by atoms with Crippen LogP contribution in [0.5, 0.6) is 11.5 Å². The Kier molecular flexibility index (Phi) is 7.25. The zero-order valence-electron chi connectivity index (χ0n) is 21.0. The van der Waals surface area contributed by atoms with Gasteiger partial charge in [-0.2, -0.15) is 0 Å². The topological polar surface area (TPSA) is 99.1 Å². The van der Waals surface area contributed by atoms with Crippen molar-refractivity contribution >= 4 is 46.1 Å². The first-order chi connectivity index (χ1) is 18.9. The molecule has 1 aliphatic rings. The fourth-order valence-electron chi connectivity index (χ4n) is 4.54. The number of ketones is 1. The molecule has 0 bridgehead atoms. The molecule has 1 amide bonds. The number of Topliss-reactive ketones (excluding diaryl/α,β-unsaturated/α-hetero) is 1. The van der Waals surface area contributed by atoms with Crippen LogP contribution in [0.1, 0.15) is 24.1 Å². The third-order valence-electron chi connectivity index (χ3n) is 6.37. The highest BCUT2D eigenvalue weighted by Crippen LogP contribution is 2.43. The molecule has 39 heavy (non-hydrogen) atoms. The molecule has 1 saturated heterocycles. The Balaban J connectivity index is 1.59. The number of nitrogens with zero attached hydrogens (tertiary/aromatic N) is 1. The van der Waals surface area contributed by atoms with Gasteiger partial charge in [-0.15, -0.1) is 0 Å². The van der Waals surface area contributed by atoms with Gasteiger partial charge >= 0.3 is 0 Å². The van der Waals surface area contributed by atoms with E-state index in [-0.39, 0.29) is 22.6 Å². The van der Waals surface area contributed by atoms with E-state index in [2.05, 4.69) is 5.32 Å². The summed E-state index contributed by atoms with van der Waals surface area (Å²) in [4.78, 5) is 28.2. The molecule has 196 valence electrons. The number of carbonyl (C=O) groups is 2. The minimum absolute atomic E-state index is 0.0334. The maximum Gasteiger partial charge on any atom is 0.300 e. The molecule has 1 heterocycles. The van der Waals surface area contributed by atoms with E-state index in [0.717, 1.165) is 11.4 Å². The first-order valence-corrected chi connectivity index (χ1v) is 12.7. The van der Waals surface area contributed by atoms with E-state index >= 15 is 0 Å². The standard InChI is InChI=1S/C31H25ClN2O5/c1-2-39-26-18-20(10-17-25(26)32)29(36)27-28(19-8-15-24(35)16-9-19)34(31(38)30(27)37)23-13-11-22(12-14-23)33-21-6-4-3-5-7-21/h3-18,28,33,35-36H,2H2,1H3/b29-27-. The number of rotatable bonds is 7. The summed E-state index contributed by atoms with van der Waals surface area (Å²) in [6.07, 6.45) is 0. The Morgan fingerprint density at radius 2 is 1.59 bits per heavy atom. The third-order valence-corrected chi connectivity index (χ3v) is 6.68. The van der Waals surface area contributed by atoms with Crippen molar-refractivity contribution < 1.29 is 24.5 Å². The molecule has 0 aliphatic carbocycles. The number of aliphatic hydroxyl groups excluding tert-OH is 1. The van der Waals surface area contributed by atoms with Crippen molar-refractivity contribution in [2.24, 2.45) is 0 Å². The number of aromatic hydroxyl groups is 1. The molecule has 5 rings (SSSR count). The Hall–Kier alpha value is -4.75. The van der Waals surface area contributed by atoms with Crippen LogP contribution in [-0.2, 0) is 9.59 Å². The fraction of sp³-hybridized carbons (Fsp3) is 0.0968. The molecule has 0 radical (unpaired) electrons. The Bertz CT molecular complexity index is 1550. The van der Waals surface area contributed by atoms with E-state index < -0.39 is 17.7 Å². The summed E-state index contributed by atoms with van der Waals surface area (Å²) in [5.41, 5.74) is 2.92. The number of benzene rings is 4. The van der Waals surface area contributed by atoms with E-state index in [9.17, 15) is 19.8 Å². The van der Waals surface area contributed by atoms with Gasteiger partial charge in [0.15, 0.2) is 0 Å². The van der Waals surface area contributed by atoms with Crippen molar-refractivity contribution in [2.45, 2.75) is 13.0 Å². The monoisotopic (exact) mass is 540 g/mol. The average molecular weight is 541 g/mol. The first-order valence-electron chi connectivity index (χ1n) is 12.3. The molecule has 3 N–H and O–H groups in total. The summed E-state index contributed by atoms with van der Waals surface area (Å²) in [6.45, 7) is 2.16. The predicted molar refractivity (Wildman–Crippen MR) is 152 cm³/mol. The molecule has 1 fully saturated rings. The van der Waals surface area contributed by atoms with Crippen molar-refractivity contribution in [1.82, 2.24) is 0 Å². The first kappa shape index (κ1) is 25.9. The second-order valence-electron chi connectivity index (χ2n) is 8.88. The number of aliphatic hydroxyl groups is 1. The van der Waals surface area contributed by atoms with Gasteiger partial charge in [0, 0.05) is 22.6 Å². The lowest BCUT2D eigenvalue weighted by Gasteiger charge is -2.25. The minimum atomic E-state index is -0.940. The van der Waals surface area contributed by atoms with Crippen molar-refractivity contribution in [3.05, 3.63) is 119 Å². The van der Waals surface area contributed by atoms with Gasteiger partial charge < -0.3 is 20.3 Å². The number of para-hydroxylation sites is 1. The number of hydrogen-bond donors (Lipinski definition) is 3. The minimum Gasteiger partial charge on any atom is -0.508 e. The third kappa shape index (κ3) is 5.17. The number of nitrogens with one attached hydrogen (secondary N) is 1. The Morgan fingerprint density at radius 3 is 2.26 bits per heavy atom. The number of carbonyl (C=O) groups excluding carboxylic acids is 2. The van der Waals surface area contributed by atoms with Gasteiger partial charge in [0.2, 0.25) is 0 Å². The second kappa shape index (κ2) is 10.9. The summed E-state index contributed by atoms with van der Waals surface area (Å²) in [6, 6.07) is 26.6. The molecular formula is C31H25ClN2O5. The van der Waals surface area contributed by atoms with Crippen LogP contribution in [0.3, 0.4) is 0 Å². The van der Waals surface area contributed by atoms with Gasteiger partial charge in [-0.1, -0.05) is 41.9 Å². The highest BCUT2D eigenvalue weighted by atomic mass is 35.5. The number of anilines is 3. The molecule has 0 aromatic heterocycles. The molecule has 0 spiro atoms. The molecule has 1 aliphatic heterocycles. The van der Waals surface area contributed by atoms with Gasteiger partial charge in [-0.3, -0.25) is 14.5 Å². The van der Waals surface area contributed by atoms with Crippen LogP contribution in [0.4, 0.5) is 17.1 Å². The van der Waals surface area contributed by atoms with Gasteiger partial charge in [0.1, 0.15) is 17.3 Å². The van der Waals surface area contributed by atoms with Crippen molar-refractivity contribution in [1.29, 1.82) is 0 Å². The average Bonchev–Trinajstić information content (AvgIpc) is 3.21. The number of ether oxygens (including phenoxy) is 1. The summed E-state index contributed by atoms with van der Waals surface area (Å²) < 4.78 is 5.55. The number of phenols is 1. The SMILES string of the molecule is CCOc1cc(/C(O)=C2/C(=O)C(=O)N(c3ccc(Nc4ccccc4)cc3)C2c2ccc(O)cc2)ccc1Cl. The zero-order chi connectivity index (χ0) is 27.5. The van der Waals surface area contributed by atoms with Gasteiger partial charge in [-0.05, 0) is 79.2 Å². The van der Waals surface area contributed by atoms with E-state index in [4.69, 9.17) is 16.3 Å². The van der Waals surface area contributed by atoms with Gasteiger partial charge in [0.05, 0.1) is 23.2 Å². The normalized spacial score (nSPS) is 16.4. The molecule has 1 atom stereocenters. The summed E-state index contributed by atoms with van der Waals surface area (Å²) in [5, 5.41) is 24.9. The van der Waals surface area contributed by atoms with E-state index in [0.29, 0.717) is 28.6 Å². The number of halogens is 1. The summed E-state index contributed by atoms with van der Waals surface area (Å²) in [7, 11) is 0. The van der Waals surface area contributed by atoms with Crippen LogP contribution in [0.25, 0.3) is 5.76 Å². The van der Waals surface area contributed by atoms with Crippen LogP contribution in [0.2, 0.25) is 5.02 Å². The lowest BCUT2D eigenvalue weighted by atomic mass is 9.95. The molecular weight excluding hydrogens is 516 g/mol. The fourth-order valence-corrected chi connectivity index (χ4v) is 4.71. The van der Waals surface area contributed by atoms with Crippen LogP contribution < -0.4 is 15.0 Å². The van der Waals surface area contributed by atoms with Crippen molar-refractivity contribution in [2.75, 3.05) is 16.8 Å². The van der Waals surface area contributed by atoms with Crippen LogP contribution in [-0.4, -0.2) is 28.5 Å². The Morgan fingerprint density at radius 1 is 0.923 bits per heavy atom. The highest BCUT2D eigenvalue weighted by molar-refractivity contribution is 6.51. The lowest BCUT2D eigenvalue weighted by molar-refractivity contribution is -0.132. The smallest absolute Gasteiger partial charge is 0.300 e. The maximum absolute atomic E-state index is 13.4. The van der Waals surface area contributed by atoms with Crippen molar-refractivity contribution in [3.63, 3.8) is 0 Å². The second-order valence-corrected chi connectivity index (χ2v) is 9.28. The summed E-state index contributed by atoms with van der Waals surface area (Å²) >= 11 is 6.22. The molecule has 1 unspecified atom stereocenters. The predicted octanol–water partition coefficient (Wildman–Crippen LogP) is 6.81. The molecule has 7 nitrogen and oxygen atoms in total. The Labute approximate surface area is 230 Å². The lowest BCUT2D eigenvalue weighted by Crippen LogP contribution is -2.29. The van der Waals surface area contributed by atoms with E-state index in [1.807, 2.05) is 42.5 Å². The van der Waals surface area contributed by atoms with Crippen molar-refractivity contribution in [3.8, 4) is 11.5 Å². The van der Waals surface area contributed by atoms with Gasteiger partial charge in [0.25, 0.3) is 11.7 Å². The number of phenolic OH excluding ortho intramolecular Hbond substituents is 1. The number of hydrogen-bond acceptors (Lipinski definition) is 6. The quantitative estimate of drug-likeness (QED) is 0.135. The zero-order valence-corrected chi connectivity index (χ0v) is 21.7. The molecule has 4 aromatic carbocycles. The molecule has 0 saturated carbocycles. The summed E-state index contributed by atoms with van der Waals surface area (Å²) in [5.74, 6) is -1.58. The number of amides is 1. The van der Waals surface area contributed by atoms with Crippen LogP contribution in [0.15, 0.2) is 103 Å². The van der Waals surface area contributed by atoms with Gasteiger partial charge in [-0.25, -0.2) is 0 Å². The molecule has 4 aromatic rings. The maximum atomic E-state index is 13.4. The largest absolute Gasteiger partial charge is 0.508 e. The highest BCUT2D eigenvalue weighted by Gasteiger charge is 2.47. The van der Waals surface area contributed by atoms with E-state index in [1.54, 1.807) is 43.3 Å². The van der Waals surface area contributed by atoms with Crippen LogP contribution in [0, 0.1) is 0 Å².